The van der Waals surface area contributed by atoms with Gasteiger partial charge in [-0.2, -0.15) is 0 Å². The summed E-state index contributed by atoms with van der Waals surface area (Å²) in [5.41, 5.74) is 3.66. The van der Waals surface area contributed by atoms with E-state index in [0.29, 0.717) is 5.58 Å². The fourth-order valence-corrected chi connectivity index (χ4v) is 5.60. The maximum absolute atomic E-state index is 13.8. The van der Waals surface area contributed by atoms with E-state index in [0.717, 1.165) is 16.8 Å². The maximum atomic E-state index is 13.8. The van der Waals surface area contributed by atoms with Gasteiger partial charge in [0.25, 0.3) is 11.8 Å². The average molecular weight is 470 g/mol. The van der Waals surface area contributed by atoms with Crippen LogP contribution in [0.3, 0.4) is 0 Å². The fraction of sp³-hybridized carbons (Fsp3) is 0.261. The van der Waals surface area contributed by atoms with Gasteiger partial charge in [0, 0.05) is 0 Å². The summed E-state index contributed by atoms with van der Waals surface area (Å²) in [7, 11) is -4.09. The molecule has 9 nitrogen and oxygen atoms in total. The molecule has 1 aliphatic rings. The third-order valence-electron chi connectivity index (χ3n) is 5.23. The van der Waals surface area contributed by atoms with E-state index in [1.807, 2.05) is 6.92 Å². The highest BCUT2D eigenvalue weighted by Gasteiger charge is 2.45. The number of hydrazine groups is 1. The quantitative estimate of drug-likeness (QED) is 0.385. The molecule has 0 bridgehead atoms. The number of amides is 2. The zero-order chi connectivity index (χ0) is 23.8. The van der Waals surface area contributed by atoms with E-state index in [-0.39, 0.29) is 35.3 Å². The minimum atomic E-state index is -4.09. The number of hydrogen-bond acceptors (Lipinski definition) is 8. The zero-order valence-electron chi connectivity index (χ0n) is 18.4. The Balaban J connectivity index is 1.85. The Kier molecular flexibility index (Phi) is 6.32. The third kappa shape index (κ3) is 4.05. The summed E-state index contributed by atoms with van der Waals surface area (Å²) in [5, 5.41) is 1.00. The summed E-state index contributed by atoms with van der Waals surface area (Å²) in [6.45, 7) is 5.09. The van der Waals surface area contributed by atoms with E-state index in [4.69, 9.17) is 13.5 Å². The first-order valence-electron chi connectivity index (χ1n) is 10.5. The van der Waals surface area contributed by atoms with Gasteiger partial charge >= 0.3 is 7.60 Å². The molecular weight excluding hydrogens is 447 g/mol. The first-order valence-corrected chi connectivity index (χ1v) is 12.1. The van der Waals surface area contributed by atoms with Gasteiger partial charge in [-0.1, -0.05) is 23.8 Å². The molecule has 33 heavy (non-hydrogen) atoms. The molecule has 0 spiro atoms. The van der Waals surface area contributed by atoms with Crippen molar-refractivity contribution >= 4 is 30.4 Å². The molecule has 1 atom stereocenters. The van der Waals surface area contributed by atoms with Gasteiger partial charge in [0.2, 0.25) is 0 Å². The highest BCUT2D eigenvalue weighted by atomic mass is 31.2. The lowest BCUT2D eigenvalue weighted by molar-refractivity contribution is 0.0544. The van der Waals surface area contributed by atoms with Crippen molar-refractivity contribution in [1.82, 2.24) is 10.4 Å². The molecule has 0 saturated carbocycles. The van der Waals surface area contributed by atoms with Crippen LogP contribution in [-0.2, 0) is 13.6 Å². The summed E-state index contributed by atoms with van der Waals surface area (Å²) in [4.78, 5) is 39.3. The molecule has 0 saturated heterocycles. The average Bonchev–Trinajstić information content (AvgIpc) is 3.03. The Labute approximate surface area is 189 Å². The Morgan fingerprint density at radius 1 is 1.00 bits per heavy atom. The van der Waals surface area contributed by atoms with Crippen LogP contribution >= 0.6 is 7.60 Å². The molecule has 2 amide bonds. The Morgan fingerprint density at radius 2 is 1.61 bits per heavy atom. The van der Waals surface area contributed by atoms with Crippen LogP contribution in [0.15, 0.2) is 57.9 Å². The van der Waals surface area contributed by atoms with Crippen molar-refractivity contribution in [3.63, 3.8) is 0 Å². The van der Waals surface area contributed by atoms with Gasteiger partial charge in [-0.25, -0.2) is 10.4 Å². The predicted octanol–water partition coefficient (Wildman–Crippen LogP) is 4.17. The van der Waals surface area contributed by atoms with E-state index >= 15 is 0 Å². The zero-order valence-corrected chi connectivity index (χ0v) is 19.3. The molecule has 1 aliphatic heterocycles. The molecule has 0 radical (unpaired) electrons. The van der Waals surface area contributed by atoms with E-state index in [2.05, 4.69) is 5.43 Å². The highest BCUT2D eigenvalue weighted by molar-refractivity contribution is 7.54. The van der Waals surface area contributed by atoms with Gasteiger partial charge in [-0.3, -0.25) is 18.9 Å². The number of aryl methyl sites for hydroxylation is 1. The summed E-state index contributed by atoms with van der Waals surface area (Å²) < 4.78 is 30.4. The second kappa shape index (κ2) is 9.03. The third-order valence-corrected chi connectivity index (χ3v) is 7.49. The van der Waals surface area contributed by atoms with Gasteiger partial charge in [0.05, 0.1) is 35.3 Å². The summed E-state index contributed by atoms with van der Waals surface area (Å²) >= 11 is 0. The van der Waals surface area contributed by atoms with Crippen molar-refractivity contribution in [3.05, 3.63) is 81.2 Å². The molecule has 2 heterocycles. The molecule has 0 aliphatic carbocycles. The number of imide groups is 1. The number of fused-ring (bicyclic) bond motifs is 2. The smallest absolute Gasteiger partial charge is 0.353 e. The Hall–Kier alpha value is -3.10. The van der Waals surface area contributed by atoms with Gasteiger partial charge in [-0.05, 0) is 45.0 Å². The van der Waals surface area contributed by atoms with Crippen LogP contribution in [0.5, 0.6) is 0 Å². The van der Waals surface area contributed by atoms with E-state index in [1.165, 1.54) is 12.1 Å². The number of nitrogens with one attached hydrogen (secondary N) is 1. The first kappa shape index (κ1) is 23.1. The number of carbonyl (C=O) groups excluding carboxylic acids is 2. The molecule has 4 rings (SSSR count). The molecule has 0 fully saturated rings. The highest BCUT2D eigenvalue weighted by Crippen LogP contribution is 2.59. The first-order chi connectivity index (χ1) is 15.8. The maximum Gasteiger partial charge on any atom is 0.353 e. The number of hydrogen-bond donors (Lipinski definition) is 1. The fourth-order valence-electron chi connectivity index (χ4n) is 3.73. The number of rotatable bonds is 8. The van der Waals surface area contributed by atoms with Crippen molar-refractivity contribution in [2.75, 3.05) is 13.2 Å². The number of benzene rings is 2. The Bertz CT molecular complexity index is 1310. The van der Waals surface area contributed by atoms with Crippen LogP contribution in [0.2, 0.25) is 0 Å². The van der Waals surface area contributed by atoms with Crippen molar-refractivity contribution in [1.29, 1.82) is 0 Å². The SMILES string of the molecule is CCOP(=O)(OCC)C(NN1C(=O)c2ccccc2C1=O)c1coc2ccc(C)cc2c1=O. The van der Waals surface area contributed by atoms with Gasteiger partial charge in [0.15, 0.2) is 11.2 Å². The topological polar surface area (TPSA) is 115 Å². The lowest BCUT2D eigenvalue weighted by Crippen LogP contribution is -2.45. The second-order valence-electron chi connectivity index (χ2n) is 7.42. The van der Waals surface area contributed by atoms with Crippen molar-refractivity contribution in [2.45, 2.75) is 26.6 Å². The number of nitrogens with zero attached hydrogens (tertiary/aromatic N) is 1. The van der Waals surface area contributed by atoms with E-state index < -0.39 is 30.6 Å². The van der Waals surface area contributed by atoms with Crippen LogP contribution in [0.4, 0.5) is 0 Å². The van der Waals surface area contributed by atoms with Gasteiger partial charge < -0.3 is 13.5 Å². The van der Waals surface area contributed by atoms with E-state index in [1.54, 1.807) is 44.2 Å². The molecule has 172 valence electrons. The lowest BCUT2D eigenvalue weighted by Gasteiger charge is -2.29. The normalized spacial score (nSPS) is 14.7. The molecule has 10 heteroatoms. The summed E-state index contributed by atoms with van der Waals surface area (Å²) in [5.74, 6) is -2.75. The van der Waals surface area contributed by atoms with E-state index in [9.17, 15) is 18.9 Å². The van der Waals surface area contributed by atoms with Gasteiger partial charge in [-0.15, -0.1) is 0 Å². The summed E-state index contributed by atoms with van der Waals surface area (Å²) in [6.07, 6.45) is 1.15. The largest absolute Gasteiger partial charge is 0.464 e. The van der Waals surface area contributed by atoms with Crippen LogP contribution in [0, 0.1) is 6.92 Å². The lowest BCUT2D eigenvalue weighted by atomic mass is 10.1. The molecular formula is C23H23N2O7P. The minimum absolute atomic E-state index is 0.00952. The Morgan fingerprint density at radius 3 is 2.18 bits per heavy atom. The monoisotopic (exact) mass is 470 g/mol. The van der Waals surface area contributed by atoms with Gasteiger partial charge in [0.1, 0.15) is 11.8 Å². The van der Waals surface area contributed by atoms with Crippen LogP contribution < -0.4 is 10.9 Å². The van der Waals surface area contributed by atoms with Crippen molar-refractivity contribution < 1.29 is 27.6 Å². The molecule has 1 unspecified atom stereocenters. The molecule has 1 N–H and O–H groups in total. The van der Waals surface area contributed by atoms with Crippen molar-refractivity contribution in [3.8, 4) is 0 Å². The van der Waals surface area contributed by atoms with Crippen LogP contribution in [0.25, 0.3) is 11.0 Å². The summed E-state index contributed by atoms with van der Waals surface area (Å²) in [6, 6.07) is 11.4. The molecule has 1 aromatic heterocycles. The van der Waals surface area contributed by atoms with Crippen molar-refractivity contribution in [2.24, 2.45) is 0 Å². The molecule has 2 aromatic carbocycles. The predicted molar refractivity (Wildman–Crippen MR) is 121 cm³/mol. The number of carbonyl (C=O) groups is 2. The standard InChI is InChI=1S/C23H23N2O7P/c1-4-31-33(29,32-5-2)21(18-13-30-19-11-10-14(3)12-17(19)20(18)26)24-25-22(27)15-8-6-7-9-16(15)23(25)28/h6-13,21,24H,4-5H2,1-3H3. The second-order valence-corrected chi connectivity index (χ2v) is 9.53. The van der Waals surface area contributed by atoms with Crippen LogP contribution in [-0.4, -0.2) is 30.0 Å². The molecule has 3 aromatic rings. The minimum Gasteiger partial charge on any atom is -0.464 e. The van der Waals surface area contributed by atoms with Crippen LogP contribution in [0.1, 0.15) is 51.5 Å².